The maximum absolute atomic E-state index is 12.9. The van der Waals surface area contributed by atoms with Crippen LogP contribution in [0.15, 0.2) is 11.6 Å². The van der Waals surface area contributed by atoms with Gasteiger partial charge in [0.05, 0.1) is 6.61 Å². The third-order valence-corrected chi connectivity index (χ3v) is 6.38. The number of piperidine rings is 1. The molecule has 1 aromatic rings. The number of amides is 2. The number of nitrogens with zero attached hydrogens (tertiary/aromatic N) is 2. The summed E-state index contributed by atoms with van der Waals surface area (Å²) in [6.45, 7) is 2.16. The van der Waals surface area contributed by atoms with Crippen LogP contribution in [0.2, 0.25) is 0 Å². The normalized spacial score (nSPS) is 20.3. The molecule has 1 aliphatic carbocycles. The van der Waals surface area contributed by atoms with Crippen molar-refractivity contribution >= 4 is 28.3 Å². The number of rotatable bonds is 7. The van der Waals surface area contributed by atoms with Gasteiger partial charge in [0.2, 0.25) is 11.8 Å². The minimum absolute atomic E-state index is 0.0421. The number of carbonyl (C=O) groups is 2. The summed E-state index contributed by atoms with van der Waals surface area (Å²) in [6.07, 6.45) is 8.47. The number of thiazole rings is 1. The zero-order chi connectivity index (χ0) is 19.1. The van der Waals surface area contributed by atoms with Crippen LogP contribution in [0.3, 0.4) is 0 Å². The van der Waals surface area contributed by atoms with Crippen molar-refractivity contribution in [2.75, 3.05) is 38.7 Å². The largest absolute Gasteiger partial charge is 0.383 e. The number of carbonyl (C=O) groups excluding carboxylic acids is 2. The lowest BCUT2D eigenvalue weighted by atomic mass is 9.84. The van der Waals surface area contributed by atoms with Gasteiger partial charge in [0.1, 0.15) is 5.54 Å². The summed E-state index contributed by atoms with van der Waals surface area (Å²) in [4.78, 5) is 32.0. The second-order valence-corrected chi connectivity index (χ2v) is 8.35. The van der Waals surface area contributed by atoms with E-state index in [1.54, 1.807) is 13.3 Å². The summed E-state index contributed by atoms with van der Waals surface area (Å²) in [5, 5.41) is 8.95. The van der Waals surface area contributed by atoms with Crippen LogP contribution in [0, 0.1) is 5.92 Å². The fraction of sp³-hybridized carbons (Fsp3) is 0.737. The Morgan fingerprint density at radius 3 is 2.67 bits per heavy atom. The van der Waals surface area contributed by atoms with Crippen molar-refractivity contribution in [2.45, 2.75) is 50.5 Å². The number of hydrogen-bond acceptors (Lipinski definition) is 6. The molecule has 2 amide bonds. The molecule has 0 radical (unpaired) electrons. The summed E-state index contributed by atoms with van der Waals surface area (Å²) >= 11 is 1.48. The minimum Gasteiger partial charge on any atom is -0.383 e. The van der Waals surface area contributed by atoms with E-state index >= 15 is 0 Å². The third kappa shape index (κ3) is 4.99. The molecule has 2 heterocycles. The van der Waals surface area contributed by atoms with Crippen LogP contribution >= 0.6 is 11.3 Å². The summed E-state index contributed by atoms with van der Waals surface area (Å²) in [6, 6.07) is 0. The monoisotopic (exact) mass is 394 g/mol. The third-order valence-electron chi connectivity index (χ3n) is 5.69. The van der Waals surface area contributed by atoms with Crippen LogP contribution in [-0.2, 0) is 14.3 Å². The summed E-state index contributed by atoms with van der Waals surface area (Å²) in [5.41, 5.74) is -0.727. The summed E-state index contributed by atoms with van der Waals surface area (Å²) in [5.74, 6) is 0.408. The lowest BCUT2D eigenvalue weighted by molar-refractivity contribution is -0.140. The van der Waals surface area contributed by atoms with Gasteiger partial charge in [-0.3, -0.25) is 9.59 Å². The van der Waals surface area contributed by atoms with Crippen LogP contribution < -0.4 is 10.6 Å². The van der Waals surface area contributed by atoms with E-state index < -0.39 is 5.54 Å². The SMILES string of the molecule is COCCNC(=O)C1(Nc2nccs2)CCN(C(=O)C2CCCCC2)CC1. The average Bonchev–Trinajstić information content (AvgIpc) is 3.21. The number of aromatic nitrogens is 1. The van der Waals surface area contributed by atoms with E-state index in [0.29, 0.717) is 39.1 Å². The standard InChI is InChI=1S/C19H30N4O3S/c1-26-13-9-20-17(25)19(22-18-21-10-14-27-18)7-11-23(12-8-19)16(24)15-5-3-2-4-6-15/h10,14-15H,2-9,11-13H2,1H3,(H,20,25)(H,21,22). The van der Waals surface area contributed by atoms with Gasteiger partial charge in [-0.25, -0.2) is 4.98 Å². The molecule has 1 saturated heterocycles. The number of anilines is 1. The predicted molar refractivity (Wildman–Crippen MR) is 106 cm³/mol. The highest BCUT2D eigenvalue weighted by molar-refractivity contribution is 7.13. The van der Waals surface area contributed by atoms with E-state index in [-0.39, 0.29) is 17.7 Å². The molecule has 8 heteroatoms. The molecule has 2 N–H and O–H groups in total. The Bertz CT molecular complexity index is 608. The molecule has 0 aromatic carbocycles. The molecule has 1 aliphatic heterocycles. The van der Waals surface area contributed by atoms with E-state index in [0.717, 1.165) is 30.8 Å². The van der Waals surface area contributed by atoms with E-state index in [2.05, 4.69) is 15.6 Å². The van der Waals surface area contributed by atoms with E-state index in [9.17, 15) is 9.59 Å². The lowest BCUT2D eigenvalue weighted by Crippen LogP contribution is -2.59. The Balaban J connectivity index is 1.64. The van der Waals surface area contributed by atoms with Gasteiger partial charge in [-0.1, -0.05) is 19.3 Å². The summed E-state index contributed by atoms with van der Waals surface area (Å²) in [7, 11) is 1.62. The number of ether oxygens (including phenoxy) is 1. The molecular formula is C19H30N4O3S. The molecule has 150 valence electrons. The van der Waals surface area contributed by atoms with E-state index in [1.807, 2.05) is 10.3 Å². The van der Waals surface area contributed by atoms with Crippen molar-refractivity contribution in [2.24, 2.45) is 5.92 Å². The van der Waals surface area contributed by atoms with Crippen molar-refractivity contribution < 1.29 is 14.3 Å². The number of nitrogens with one attached hydrogen (secondary N) is 2. The quantitative estimate of drug-likeness (QED) is 0.693. The van der Waals surface area contributed by atoms with Gasteiger partial charge in [-0.05, 0) is 25.7 Å². The Labute approximate surface area is 164 Å². The van der Waals surface area contributed by atoms with Gasteiger partial charge in [0.15, 0.2) is 5.13 Å². The van der Waals surface area contributed by atoms with Crippen LogP contribution in [-0.4, -0.2) is 60.6 Å². The van der Waals surface area contributed by atoms with Crippen LogP contribution in [0.4, 0.5) is 5.13 Å². The second kappa shape index (κ2) is 9.50. The average molecular weight is 395 g/mol. The van der Waals surface area contributed by atoms with Crippen molar-refractivity contribution in [1.82, 2.24) is 15.2 Å². The number of hydrogen-bond donors (Lipinski definition) is 2. The Morgan fingerprint density at radius 1 is 1.30 bits per heavy atom. The highest BCUT2D eigenvalue weighted by Gasteiger charge is 2.43. The maximum Gasteiger partial charge on any atom is 0.245 e. The highest BCUT2D eigenvalue weighted by atomic mass is 32.1. The zero-order valence-corrected chi connectivity index (χ0v) is 16.9. The smallest absolute Gasteiger partial charge is 0.245 e. The molecule has 1 saturated carbocycles. The lowest BCUT2D eigenvalue weighted by Gasteiger charge is -2.42. The first-order valence-corrected chi connectivity index (χ1v) is 10.8. The van der Waals surface area contributed by atoms with Gasteiger partial charge in [0, 0.05) is 44.2 Å². The van der Waals surface area contributed by atoms with E-state index in [4.69, 9.17) is 4.74 Å². The Kier molecular flexibility index (Phi) is 7.07. The number of likely N-dealkylation sites (tertiary alicyclic amines) is 1. The Morgan fingerprint density at radius 2 is 2.04 bits per heavy atom. The topological polar surface area (TPSA) is 83.6 Å². The molecule has 0 unspecified atom stereocenters. The van der Waals surface area contributed by atoms with Gasteiger partial charge in [-0.2, -0.15) is 0 Å². The highest BCUT2D eigenvalue weighted by Crippen LogP contribution is 2.31. The molecule has 0 spiro atoms. The molecule has 1 aromatic heterocycles. The van der Waals surface area contributed by atoms with Crippen molar-refractivity contribution in [1.29, 1.82) is 0 Å². The van der Waals surface area contributed by atoms with Gasteiger partial charge in [-0.15, -0.1) is 11.3 Å². The maximum atomic E-state index is 12.9. The minimum atomic E-state index is -0.727. The zero-order valence-electron chi connectivity index (χ0n) is 16.0. The van der Waals surface area contributed by atoms with Crippen molar-refractivity contribution in [3.8, 4) is 0 Å². The molecule has 0 atom stereocenters. The van der Waals surface area contributed by atoms with Crippen LogP contribution in [0.25, 0.3) is 0 Å². The fourth-order valence-electron chi connectivity index (χ4n) is 4.05. The first kappa shape index (κ1) is 20.1. The molecule has 7 nitrogen and oxygen atoms in total. The predicted octanol–water partition coefficient (Wildman–Crippen LogP) is 2.26. The molecular weight excluding hydrogens is 364 g/mol. The van der Waals surface area contributed by atoms with Gasteiger partial charge in [0.25, 0.3) is 0 Å². The fourth-order valence-corrected chi connectivity index (χ4v) is 4.68. The molecule has 2 fully saturated rings. The van der Waals surface area contributed by atoms with Crippen molar-refractivity contribution in [3.63, 3.8) is 0 Å². The van der Waals surface area contributed by atoms with Crippen LogP contribution in [0.1, 0.15) is 44.9 Å². The van der Waals surface area contributed by atoms with Gasteiger partial charge >= 0.3 is 0 Å². The van der Waals surface area contributed by atoms with E-state index in [1.165, 1.54) is 17.8 Å². The molecule has 2 aliphatic rings. The number of methoxy groups -OCH3 is 1. The van der Waals surface area contributed by atoms with Crippen molar-refractivity contribution in [3.05, 3.63) is 11.6 Å². The Hall–Kier alpha value is -1.67. The second-order valence-electron chi connectivity index (χ2n) is 7.45. The van der Waals surface area contributed by atoms with Crippen LogP contribution in [0.5, 0.6) is 0 Å². The molecule has 27 heavy (non-hydrogen) atoms. The first-order chi connectivity index (χ1) is 13.1. The van der Waals surface area contributed by atoms with Gasteiger partial charge < -0.3 is 20.3 Å². The molecule has 0 bridgehead atoms. The first-order valence-electron chi connectivity index (χ1n) is 9.88. The summed E-state index contributed by atoms with van der Waals surface area (Å²) < 4.78 is 5.04. The molecule has 3 rings (SSSR count).